The fourth-order valence-electron chi connectivity index (χ4n) is 9.55. The number of likely N-dealkylation sites (tertiary alicyclic amines) is 1. The van der Waals surface area contributed by atoms with E-state index in [0.717, 1.165) is 78.7 Å². The van der Waals surface area contributed by atoms with Crippen molar-refractivity contribution < 1.29 is 28.4 Å². The van der Waals surface area contributed by atoms with Crippen LogP contribution < -0.4 is 24.6 Å². The maximum absolute atomic E-state index is 13.4. The van der Waals surface area contributed by atoms with Crippen LogP contribution in [-0.2, 0) is 16.1 Å². The minimum atomic E-state index is -0.960. The molecule has 7 heterocycles. The minimum absolute atomic E-state index is 0.103. The van der Waals surface area contributed by atoms with Gasteiger partial charge in [-0.2, -0.15) is 5.10 Å². The molecule has 10 rings (SSSR count). The molecule has 16 heteroatoms. The standard InChI is InChI=1S/C43H45N9O6S/c1-57-35-18-28(24-51-14-3-13-44-51)19-36-38(35)39(46-58-36)47-59-31-5-2-4-29(20-31)50-25-43(26-50)11-16-48(17-12-43)22-27-10-15-49(23-27)30-6-7-32-33(21-30)42(56)52(41(32)55)34-8-9-37(53)45-40(34)54/h2-7,13-14,18-21,27,34H,8-12,15-17,22-26H2,1H3,(H,46,47)(H,45,53,54). The molecule has 304 valence electrons. The van der Waals surface area contributed by atoms with Gasteiger partial charge in [-0.15, -0.1) is 0 Å². The van der Waals surface area contributed by atoms with Gasteiger partial charge in [-0.3, -0.25) is 34.1 Å². The Kier molecular flexibility index (Phi) is 9.55. The average molecular weight is 816 g/mol. The van der Waals surface area contributed by atoms with E-state index in [1.807, 2.05) is 35.1 Å². The van der Waals surface area contributed by atoms with Gasteiger partial charge >= 0.3 is 0 Å². The number of nitrogens with zero attached hydrogens (tertiary/aromatic N) is 7. The van der Waals surface area contributed by atoms with E-state index in [-0.39, 0.29) is 18.7 Å². The Morgan fingerprint density at radius 2 is 1.76 bits per heavy atom. The van der Waals surface area contributed by atoms with Gasteiger partial charge in [0, 0.05) is 73.2 Å². The Morgan fingerprint density at radius 1 is 0.932 bits per heavy atom. The molecule has 2 unspecified atom stereocenters. The summed E-state index contributed by atoms with van der Waals surface area (Å²) in [6.45, 7) is 7.74. The summed E-state index contributed by atoms with van der Waals surface area (Å²) >= 11 is 1.51. The molecule has 4 amide bonds. The number of piperidine rings is 2. The molecule has 4 fully saturated rings. The summed E-state index contributed by atoms with van der Waals surface area (Å²) < 4.78 is 16.7. The molecule has 5 aromatic rings. The lowest BCUT2D eigenvalue weighted by atomic mass is 9.71. The SMILES string of the molecule is COc1cc(Cn2cccn2)cc2onc(NSc3cccc(N4CC5(CCN(CC6CCN(c7ccc8c(c7)C(=O)N(C7CCC(=O)NC7=O)C8=O)C6)CC5)C4)c3)c12. The van der Waals surface area contributed by atoms with Gasteiger partial charge in [0.1, 0.15) is 17.2 Å². The molecular weight excluding hydrogens is 771 g/mol. The number of hydrogen-bond donors (Lipinski definition) is 2. The number of ether oxygens (including phenoxy) is 1. The highest BCUT2D eigenvalue weighted by molar-refractivity contribution is 8.00. The second-order valence-corrected chi connectivity index (χ2v) is 17.4. The van der Waals surface area contributed by atoms with Crippen molar-refractivity contribution in [3.63, 3.8) is 0 Å². The van der Waals surface area contributed by atoms with Crippen molar-refractivity contribution in [1.29, 1.82) is 0 Å². The molecule has 5 aliphatic heterocycles. The van der Waals surface area contributed by atoms with Crippen molar-refractivity contribution in [3.05, 3.63) is 89.7 Å². The van der Waals surface area contributed by atoms with Gasteiger partial charge in [0.25, 0.3) is 11.8 Å². The molecule has 1 spiro atoms. The zero-order valence-corrected chi connectivity index (χ0v) is 33.6. The monoisotopic (exact) mass is 815 g/mol. The number of fused-ring (bicyclic) bond motifs is 2. The number of aromatic nitrogens is 3. The highest BCUT2D eigenvalue weighted by Gasteiger charge is 2.46. The highest BCUT2D eigenvalue weighted by atomic mass is 32.2. The number of anilines is 3. The Labute approximate surface area is 345 Å². The third kappa shape index (κ3) is 7.07. The topological polar surface area (TPSA) is 158 Å². The van der Waals surface area contributed by atoms with Crippen LogP contribution in [0.3, 0.4) is 0 Å². The molecular formula is C43H45N9O6S. The van der Waals surface area contributed by atoms with Gasteiger partial charge in [0.2, 0.25) is 11.8 Å². The number of carbonyl (C=O) groups excluding carboxylic acids is 4. The predicted octanol–water partition coefficient (Wildman–Crippen LogP) is 5.03. The second kappa shape index (κ2) is 15.1. The lowest BCUT2D eigenvalue weighted by Crippen LogP contribution is -2.60. The van der Waals surface area contributed by atoms with Gasteiger partial charge in [-0.05, 0) is 117 Å². The zero-order valence-electron chi connectivity index (χ0n) is 32.8. The number of methoxy groups -OCH3 is 1. The van der Waals surface area contributed by atoms with Gasteiger partial charge in [-0.25, -0.2) is 0 Å². The molecule has 0 bridgehead atoms. The van der Waals surface area contributed by atoms with Crippen LogP contribution in [0.5, 0.6) is 5.75 Å². The molecule has 59 heavy (non-hydrogen) atoms. The quantitative estimate of drug-likeness (QED) is 0.135. The van der Waals surface area contributed by atoms with Crippen molar-refractivity contribution in [3.8, 4) is 5.75 Å². The van der Waals surface area contributed by atoms with Crippen molar-refractivity contribution in [2.24, 2.45) is 11.3 Å². The van der Waals surface area contributed by atoms with Gasteiger partial charge < -0.3 is 28.7 Å². The van der Waals surface area contributed by atoms with E-state index < -0.39 is 23.8 Å². The number of hydrogen-bond acceptors (Lipinski definition) is 13. The largest absolute Gasteiger partial charge is 0.496 e. The Hall–Kier alpha value is -5.87. The van der Waals surface area contributed by atoms with E-state index in [1.165, 1.54) is 30.5 Å². The van der Waals surface area contributed by atoms with E-state index in [1.54, 1.807) is 25.4 Å². The van der Waals surface area contributed by atoms with E-state index in [4.69, 9.17) is 9.26 Å². The first-order valence-electron chi connectivity index (χ1n) is 20.3. The van der Waals surface area contributed by atoms with Crippen LogP contribution in [0.2, 0.25) is 0 Å². The van der Waals surface area contributed by atoms with Crippen LogP contribution in [0.4, 0.5) is 17.2 Å². The Bertz CT molecular complexity index is 2450. The first-order valence-corrected chi connectivity index (χ1v) is 21.1. The van der Waals surface area contributed by atoms with Crippen LogP contribution in [-0.4, -0.2) is 107 Å². The third-order valence-electron chi connectivity index (χ3n) is 12.7. The number of benzene rings is 3. The average Bonchev–Trinajstić information content (AvgIpc) is 4.05. The number of nitrogens with one attached hydrogen (secondary N) is 2. The van der Waals surface area contributed by atoms with Gasteiger partial charge in [0.15, 0.2) is 11.4 Å². The third-order valence-corrected chi connectivity index (χ3v) is 13.5. The van der Waals surface area contributed by atoms with E-state index in [0.29, 0.717) is 46.2 Å². The van der Waals surface area contributed by atoms with Crippen molar-refractivity contribution >= 4 is 63.7 Å². The maximum Gasteiger partial charge on any atom is 0.262 e. The summed E-state index contributed by atoms with van der Waals surface area (Å²) in [4.78, 5) is 60.2. The Morgan fingerprint density at radius 3 is 2.56 bits per heavy atom. The number of amides is 4. The molecule has 15 nitrogen and oxygen atoms in total. The first-order chi connectivity index (χ1) is 28.7. The van der Waals surface area contributed by atoms with Crippen molar-refractivity contribution in [1.82, 2.24) is 30.1 Å². The molecule has 3 aromatic carbocycles. The summed E-state index contributed by atoms with van der Waals surface area (Å²) in [5, 5.41) is 11.7. The highest BCUT2D eigenvalue weighted by Crippen LogP contribution is 2.44. The maximum atomic E-state index is 13.4. The van der Waals surface area contributed by atoms with E-state index >= 15 is 0 Å². The van der Waals surface area contributed by atoms with Crippen molar-refractivity contribution in [2.45, 2.75) is 49.6 Å². The van der Waals surface area contributed by atoms with Crippen LogP contribution in [0, 0.1) is 11.3 Å². The lowest BCUT2D eigenvalue weighted by Gasteiger charge is -2.55. The second-order valence-electron chi connectivity index (χ2n) is 16.5. The Balaban J connectivity index is 0.701. The van der Waals surface area contributed by atoms with Crippen LogP contribution in [0.15, 0.2) is 82.5 Å². The van der Waals surface area contributed by atoms with Crippen LogP contribution >= 0.6 is 11.9 Å². The molecule has 5 aliphatic rings. The molecule has 0 aliphatic carbocycles. The number of carbonyl (C=O) groups is 4. The van der Waals surface area contributed by atoms with Gasteiger partial charge in [0.05, 0.1) is 24.8 Å². The van der Waals surface area contributed by atoms with Gasteiger partial charge in [-0.1, -0.05) is 11.2 Å². The number of rotatable bonds is 11. The molecule has 0 saturated carbocycles. The zero-order chi connectivity index (χ0) is 40.3. The predicted molar refractivity (Wildman–Crippen MR) is 222 cm³/mol. The fourth-order valence-corrected chi connectivity index (χ4v) is 10.2. The summed E-state index contributed by atoms with van der Waals surface area (Å²) in [6, 6.07) is 19.0. The summed E-state index contributed by atoms with van der Waals surface area (Å²) in [5.74, 6) is -0.0807. The molecule has 4 saturated heterocycles. The molecule has 2 atom stereocenters. The lowest BCUT2D eigenvalue weighted by molar-refractivity contribution is -0.136. The smallest absolute Gasteiger partial charge is 0.262 e. The first kappa shape index (κ1) is 37.4. The molecule has 2 aromatic heterocycles. The summed E-state index contributed by atoms with van der Waals surface area (Å²) in [6.07, 6.45) is 7.37. The van der Waals surface area contributed by atoms with Crippen molar-refractivity contribution in [2.75, 3.05) is 67.4 Å². The van der Waals surface area contributed by atoms with E-state index in [9.17, 15) is 19.2 Å². The molecule has 2 N–H and O–H groups in total. The normalized spacial score (nSPS) is 21.7. The molecule has 0 radical (unpaired) electrons. The summed E-state index contributed by atoms with van der Waals surface area (Å²) in [5.41, 5.74) is 4.81. The fraction of sp³-hybridized carbons (Fsp3) is 0.395. The number of imide groups is 2. The van der Waals surface area contributed by atoms with Crippen LogP contribution in [0.25, 0.3) is 11.0 Å². The minimum Gasteiger partial charge on any atom is -0.496 e. The van der Waals surface area contributed by atoms with Crippen LogP contribution in [0.1, 0.15) is 58.4 Å². The summed E-state index contributed by atoms with van der Waals surface area (Å²) in [7, 11) is 1.66. The van der Waals surface area contributed by atoms with E-state index in [2.05, 4.69) is 59.3 Å².